The first-order chi connectivity index (χ1) is 14.3. The van der Waals surface area contributed by atoms with E-state index in [0.717, 1.165) is 36.0 Å². The van der Waals surface area contributed by atoms with Crippen LogP contribution in [0, 0.1) is 13.8 Å². The summed E-state index contributed by atoms with van der Waals surface area (Å²) in [4.78, 5) is 37.7. The van der Waals surface area contributed by atoms with Crippen LogP contribution in [0.2, 0.25) is 0 Å². The van der Waals surface area contributed by atoms with E-state index in [2.05, 4.69) is 34.4 Å². The Hall–Kier alpha value is -3.16. The predicted molar refractivity (Wildman–Crippen MR) is 118 cm³/mol. The number of urea groups is 1. The molecule has 2 aromatic rings. The van der Waals surface area contributed by atoms with E-state index in [1.54, 1.807) is 30.1 Å². The Labute approximate surface area is 177 Å². The normalized spacial score (nSPS) is 14.1. The fourth-order valence-electron chi connectivity index (χ4n) is 3.42. The van der Waals surface area contributed by atoms with Crippen molar-refractivity contribution in [3.63, 3.8) is 0 Å². The van der Waals surface area contributed by atoms with Crippen molar-refractivity contribution in [3.8, 4) is 0 Å². The van der Waals surface area contributed by atoms with Gasteiger partial charge in [-0.05, 0) is 37.6 Å². The van der Waals surface area contributed by atoms with Crippen LogP contribution < -0.4 is 15.5 Å². The summed E-state index contributed by atoms with van der Waals surface area (Å²) in [6.45, 7) is 10.7. The van der Waals surface area contributed by atoms with Crippen LogP contribution in [-0.4, -0.2) is 60.0 Å². The highest BCUT2D eigenvalue weighted by Crippen LogP contribution is 2.20. The molecule has 30 heavy (non-hydrogen) atoms. The van der Waals surface area contributed by atoms with Crippen LogP contribution in [0.4, 0.5) is 16.3 Å². The number of nitrogens with one attached hydrogen (secondary N) is 2. The van der Waals surface area contributed by atoms with Gasteiger partial charge in [0.25, 0.3) is 5.91 Å². The Bertz CT molecular complexity index is 935. The second-order valence-corrected chi connectivity index (χ2v) is 7.89. The zero-order chi connectivity index (χ0) is 21.8. The molecule has 2 heterocycles. The second-order valence-electron chi connectivity index (χ2n) is 7.89. The molecule has 1 aliphatic heterocycles. The highest BCUT2D eigenvalue weighted by atomic mass is 16.2. The molecular weight excluding hydrogens is 380 g/mol. The number of aryl methyl sites for hydroxylation is 2. The van der Waals surface area contributed by atoms with E-state index in [9.17, 15) is 9.59 Å². The Kier molecular flexibility index (Phi) is 6.54. The molecule has 0 spiro atoms. The Morgan fingerprint density at radius 1 is 1.03 bits per heavy atom. The molecule has 3 rings (SSSR count). The molecule has 0 saturated carbocycles. The van der Waals surface area contributed by atoms with E-state index in [1.807, 2.05) is 19.9 Å². The van der Waals surface area contributed by atoms with Gasteiger partial charge in [0.2, 0.25) is 0 Å². The van der Waals surface area contributed by atoms with Gasteiger partial charge in [-0.2, -0.15) is 0 Å². The average Bonchev–Trinajstić information content (AvgIpc) is 2.74. The summed E-state index contributed by atoms with van der Waals surface area (Å²) in [6.07, 6.45) is 0. The fourth-order valence-corrected chi connectivity index (χ4v) is 3.42. The average molecular weight is 411 g/mol. The van der Waals surface area contributed by atoms with Crippen molar-refractivity contribution >= 4 is 23.4 Å². The van der Waals surface area contributed by atoms with Gasteiger partial charge < -0.3 is 20.4 Å². The number of amides is 3. The van der Waals surface area contributed by atoms with E-state index in [-0.39, 0.29) is 17.9 Å². The van der Waals surface area contributed by atoms with Crippen LogP contribution in [0.25, 0.3) is 0 Å². The lowest BCUT2D eigenvalue weighted by atomic mass is 10.1. The monoisotopic (exact) mass is 410 g/mol. The molecule has 1 saturated heterocycles. The molecule has 8 heteroatoms. The van der Waals surface area contributed by atoms with Gasteiger partial charge >= 0.3 is 6.03 Å². The summed E-state index contributed by atoms with van der Waals surface area (Å²) in [5.41, 5.74) is 3.09. The van der Waals surface area contributed by atoms with E-state index in [1.165, 1.54) is 0 Å². The van der Waals surface area contributed by atoms with Crippen molar-refractivity contribution in [2.75, 3.05) is 43.4 Å². The van der Waals surface area contributed by atoms with Crippen molar-refractivity contribution in [2.45, 2.75) is 33.6 Å². The molecule has 0 radical (unpaired) electrons. The largest absolute Gasteiger partial charge is 0.355 e. The van der Waals surface area contributed by atoms with Gasteiger partial charge in [0.1, 0.15) is 11.6 Å². The minimum Gasteiger partial charge on any atom is -0.355 e. The lowest BCUT2D eigenvalue weighted by Gasteiger charge is -2.35. The third kappa shape index (κ3) is 4.87. The van der Waals surface area contributed by atoms with E-state index >= 15 is 0 Å². The van der Waals surface area contributed by atoms with Gasteiger partial charge in [0, 0.05) is 62.2 Å². The lowest BCUT2D eigenvalue weighted by Crippen LogP contribution is -2.50. The number of anilines is 2. The number of nitrogens with zero attached hydrogens (tertiary/aromatic N) is 4. The third-order valence-electron chi connectivity index (χ3n) is 5.22. The molecule has 0 bridgehead atoms. The zero-order valence-corrected chi connectivity index (χ0v) is 18.3. The minimum atomic E-state index is -0.146. The van der Waals surface area contributed by atoms with Gasteiger partial charge in [0.15, 0.2) is 0 Å². The topological polar surface area (TPSA) is 90.5 Å². The minimum absolute atomic E-state index is 0.132. The highest BCUT2D eigenvalue weighted by Gasteiger charge is 2.23. The number of hydrogen-bond donors (Lipinski definition) is 2. The van der Waals surface area contributed by atoms with Crippen molar-refractivity contribution in [1.29, 1.82) is 0 Å². The quantitative estimate of drug-likeness (QED) is 0.809. The molecule has 2 N–H and O–H groups in total. The zero-order valence-electron chi connectivity index (χ0n) is 18.3. The molecular formula is C22H30N6O2. The maximum Gasteiger partial charge on any atom is 0.321 e. The van der Waals surface area contributed by atoms with Crippen LogP contribution >= 0.6 is 0 Å². The van der Waals surface area contributed by atoms with Gasteiger partial charge in [-0.15, -0.1) is 0 Å². The predicted octanol–water partition coefficient (Wildman–Crippen LogP) is 2.93. The van der Waals surface area contributed by atoms with Gasteiger partial charge in [0.05, 0.1) is 0 Å². The van der Waals surface area contributed by atoms with E-state index in [0.29, 0.717) is 24.3 Å². The molecule has 0 aliphatic carbocycles. The first-order valence-corrected chi connectivity index (χ1v) is 10.3. The summed E-state index contributed by atoms with van der Waals surface area (Å²) in [7, 11) is 1.60. The molecule has 0 atom stereocenters. The summed E-state index contributed by atoms with van der Waals surface area (Å²) in [5.74, 6) is 1.90. The molecule has 1 fully saturated rings. The van der Waals surface area contributed by atoms with Crippen molar-refractivity contribution in [2.24, 2.45) is 0 Å². The van der Waals surface area contributed by atoms with Crippen molar-refractivity contribution in [1.82, 2.24) is 20.2 Å². The number of carbonyl (C=O) groups is 2. The number of aromatic nitrogens is 2. The van der Waals surface area contributed by atoms with Crippen molar-refractivity contribution < 1.29 is 9.59 Å². The first-order valence-electron chi connectivity index (χ1n) is 10.3. The van der Waals surface area contributed by atoms with Crippen LogP contribution in [0.3, 0.4) is 0 Å². The summed E-state index contributed by atoms with van der Waals surface area (Å²) < 4.78 is 0. The van der Waals surface area contributed by atoms with Crippen LogP contribution in [-0.2, 0) is 0 Å². The Morgan fingerprint density at radius 2 is 1.73 bits per heavy atom. The molecule has 1 aromatic carbocycles. The fraction of sp³-hybridized carbons (Fsp3) is 0.455. The molecule has 8 nitrogen and oxygen atoms in total. The molecule has 0 unspecified atom stereocenters. The maximum atomic E-state index is 12.7. The van der Waals surface area contributed by atoms with Crippen LogP contribution in [0.5, 0.6) is 0 Å². The Morgan fingerprint density at radius 3 is 2.33 bits per heavy atom. The van der Waals surface area contributed by atoms with Gasteiger partial charge in [-0.1, -0.05) is 13.8 Å². The van der Waals surface area contributed by atoms with Crippen LogP contribution in [0.1, 0.15) is 47.2 Å². The number of benzene rings is 1. The second kappa shape index (κ2) is 9.11. The molecule has 160 valence electrons. The standard InChI is InChI=1S/C22H30N6O2/c1-14(2)20-24-16(4)13-19(26-20)27-8-10-28(11-9-27)22(30)25-18-7-6-17(12-15(18)3)21(29)23-5/h6-7,12-14H,8-11H2,1-5H3,(H,23,29)(H,25,30). The highest BCUT2D eigenvalue weighted by molar-refractivity contribution is 5.96. The lowest BCUT2D eigenvalue weighted by molar-refractivity contribution is 0.0963. The number of piperazine rings is 1. The van der Waals surface area contributed by atoms with Crippen LogP contribution in [0.15, 0.2) is 24.3 Å². The number of carbonyl (C=O) groups excluding carboxylic acids is 2. The molecule has 3 amide bonds. The molecule has 1 aromatic heterocycles. The van der Waals surface area contributed by atoms with Gasteiger partial charge in [-0.3, -0.25) is 4.79 Å². The van der Waals surface area contributed by atoms with E-state index in [4.69, 9.17) is 4.98 Å². The Balaban J connectivity index is 1.61. The first kappa shape index (κ1) is 21.5. The summed E-state index contributed by atoms with van der Waals surface area (Å²) in [5, 5.41) is 5.57. The summed E-state index contributed by atoms with van der Waals surface area (Å²) >= 11 is 0. The number of rotatable bonds is 4. The smallest absolute Gasteiger partial charge is 0.321 e. The summed E-state index contributed by atoms with van der Waals surface area (Å²) in [6, 6.07) is 7.12. The van der Waals surface area contributed by atoms with Crippen molar-refractivity contribution in [3.05, 3.63) is 46.9 Å². The van der Waals surface area contributed by atoms with Gasteiger partial charge in [-0.25, -0.2) is 14.8 Å². The van der Waals surface area contributed by atoms with E-state index < -0.39 is 0 Å². The number of hydrogen-bond acceptors (Lipinski definition) is 5. The third-order valence-corrected chi connectivity index (χ3v) is 5.22. The SMILES string of the molecule is CNC(=O)c1ccc(NC(=O)N2CCN(c3cc(C)nc(C(C)C)n3)CC2)c(C)c1. The molecule has 1 aliphatic rings. The maximum absolute atomic E-state index is 12.7.